The summed E-state index contributed by atoms with van der Waals surface area (Å²) in [6.45, 7) is 0.340. The Labute approximate surface area is 148 Å². The first-order valence-corrected chi connectivity index (χ1v) is 8.03. The number of para-hydroxylation sites is 1. The molecule has 0 saturated carbocycles. The van der Waals surface area contributed by atoms with Crippen molar-refractivity contribution >= 4 is 28.7 Å². The number of rotatable bonds is 6. The zero-order valence-electron chi connectivity index (χ0n) is 13.7. The molecule has 0 aliphatic rings. The summed E-state index contributed by atoms with van der Waals surface area (Å²) in [7, 11) is 0. The van der Waals surface area contributed by atoms with Crippen molar-refractivity contribution in [3.63, 3.8) is 0 Å². The second-order valence-electron chi connectivity index (χ2n) is 5.38. The second kappa shape index (κ2) is 7.11. The molecule has 0 aliphatic heterocycles. The monoisotopic (exact) mass is 348 g/mol. The molecule has 0 saturated heterocycles. The standard InChI is InChI=1S/C17H16N8O/c26-9-8-20-15-14-16(25(11-21-14)12-4-2-1-3-5-12)24-17(23-15)22-13-10-18-6-7-19-13/h1-7,10-11,26H,8-9H2,(H2,19,20,22,23,24). The lowest BCUT2D eigenvalue weighted by Crippen LogP contribution is -2.10. The molecule has 0 fully saturated rings. The van der Waals surface area contributed by atoms with E-state index >= 15 is 0 Å². The molecule has 26 heavy (non-hydrogen) atoms. The summed E-state index contributed by atoms with van der Waals surface area (Å²) in [5.41, 5.74) is 2.19. The minimum absolute atomic E-state index is 0.0161. The third kappa shape index (κ3) is 3.15. The predicted molar refractivity (Wildman–Crippen MR) is 97.6 cm³/mol. The maximum atomic E-state index is 9.12. The fraction of sp³-hybridized carbons (Fsp3) is 0.118. The van der Waals surface area contributed by atoms with E-state index in [1.807, 2.05) is 34.9 Å². The van der Waals surface area contributed by atoms with Gasteiger partial charge in [-0.25, -0.2) is 9.97 Å². The van der Waals surface area contributed by atoms with E-state index in [2.05, 4.69) is 35.6 Å². The molecular formula is C17H16N8O. The molecular weight excluding hydrogens is 332 g/mol. The highest BCUT2D eigenvalue weighted by atomic mass is 16.3. The Kier molecular flexibility index (Phi) is 4.35. The Morgan fingerprint density at radius 3 is 2.69 bits per heavy atom. The van der Waals surface area contributed by atoms with Gasteiger partial charge in [-0.15, -0.1) is 0 Å². The van der Waals surface area contributed by atoms with E-state index in [1.165, 1.54) is 0 Å². The zero-order chi connectivity index (χ0) is 17.8. The molecule has 4 rings (SSSR count). The van der Waals surface area contributed by atoms with Gasteiger partial charge in [0.05, 0.1) is 12.8 Å². The van der Waals surface area contributed by atoms with Gasteiger partial charge in [0.25, 0.3) is 0 Å². The lowest BCUT2D eigenvalue weighted by molar-refractivity contribution is 0.311. The maximum absolute atomic E-state index is 9.12. The number of aliphatic hydroxyl groups excluding tert-OH is 1. The molecule has 130 valence electrons. The van der Waals surface area contributed by atoms with Gasteiger partial charge in [-0.3, -0.25) is 9.55 Å². The maximum Gasteiger partial charge on any atom is 0.232 e. The molecule has 9 nitrogen and oxygen atoms in total. The average molecular weight is 348 g/mol. The van der Waals surface area contributed by atoms with Crippen LogP contribution < -0.4 is 10.6 Å². The number of benzene rings is 1. The van der Waals surface area contributed by atoms with Gasteiger partial charge in [-0.1, -0.05) is 18.2 Å². The van der Waals surface area contributed by atoms with E-state index in [4.69, 9.17) is 5.11 Å². The number of nitrogens with zero attached hydrogens (tertiary/aromatic N) is 6. The van der Waals surface area contributed by atoms with E-state index in [9.17, 15) is 0 Å². The van der Waals surface area contributed by atoms with Crippen molar-refractivity contribution in [3.05, 3.63) is 55.2 Å². The minimum atomic E-state index is -0.0161. The fourth-order valence-corrected chi connectivity index (χ4v) is 2.51. The molecule has 0 radical (unpaired) electrons. The predicted octanol–water partition coefficient (Wildman–Crippen LogP) is 1.75. The van der Waals surface area contributed by atoms with Crippen LogP contribution in [0.4, 0.5) is 17.6 Å². The Morgan fingerprint density at radius 2 is 1.92 bits per heavy atom. The van der Waals surface area contributed by atoms with Crippen molar-refractivity contribution < 1.29 is 5.11 Å². The summed E-state index contributed by atoms with van der Waals surface area (Å²) in [4.78, 5) is 21.7. The zero-order valence-corrected chi connectivity index (χ0v) is 13.7. The van der Waals surface area contributed by atoms with E-state index in [0.29, 0.717) is 35.3 Å². The fourth-order valence-electron chi connectivity index (χ4n) is 2.51. The lowest BCUT2D eigenvalue weighted by Gasteiger charge is -2.09. The smallest absolute Gasteiger partial charge is 0.232 e. The first-order chi connectivity index (χ1) is 12.8. The summed E-state index contributed by atoms with van der Waals surface area (Å²) in [6, 6.07) is 9.80. The number of aromatic nitrogens is 6. The average Bonchev–Trinajstić information content (AvgIpc) is 3.12. The van der Waals surface area contributed by atoms with Crippen LogP contribution in [0.25, 0.3) is 16.9 Å². The largest absolute Gasteiger partial charge is 0.395 e. The molecule has 0 spiro atoms. The molecule has 9 heteroatoms. The highest BCUT2D eigenvalue weighted by Crippen LogP contribution is 2.24. The van der Waals surface area contributed by atoms with Crippen LogP contribution in [0.5, 0.6) is 0 Å². The number of fused-ring (bicyclic) bond motifs is 1. The number of nitrogens with one attached hydrogen (secondary N) is 2. The van der Waals surface area contributed by atoms with Crippen LogP contribution in [-0.2, 0) is 0 Å². The molecule has 3 N–H and O–H groups in total. The Bertz CT molecular complexity index is 1000. The highest BCUT2D eigenvalue weighted by Gasteiger charge is 2.14. The van der Waals surface area contributed by atoms with Crippen molar-refractivity contribution in [3.8, 4) is 5.69 Å². The number of hydrogen-bond acceptors (Lipinski definition) is 8. The molecule has 3 aromatic heterocycles. The van der Waals surface area contributed by atoms with Crippen molar-refractivity contribution in [2.75, 3.05) is 23.8 Å². The van der Waals surface area contributed by atoms with Gasteiger partial charge in [0.1, 0.15) is 6.33 Å². The minimum Gasteiger partial charge on any atom is -0.395 e. The molecule has 0 amide bonds. The summed E-state index contributed by atoms with van der Waals surface area (Å²) < 4.78 is 1.88. The molecule has 0 bridgehead atoms. The summed E-state index contributed by atoms with van der Waals surface area (Å²) >= 11 is 0. The second-order valence-corrected chi connectivity index (χ2v) is 5.38. The van der Waals surface area contributed by atoms with Gasteiger partial charge in [-0.2, -0.15) is 9.97 Å². The van der Waals surface area contributed by atoms with Gasteiger partial charge in [0, 0.05) is 24.6 Å². The van der Waals surface area contributed by atoms with Crippen molar-refractivity contribution in [2.24, 2.45) is 0 Å². The topological polar surface area (TPSA) is 114 Å². The van der Waals surface area contributed by atoms with Gasteiger partial charge in [0.15, 0.2) is 22.8 Å². The van der Waals surface area contributed by atoms with Gasteiger partial charge in [0.2, 0.25) is 5.95 Å². The SMILES string of the molecule is OCCNc1nc(Nc2cnccn2)nc2c1ncn2-c1ccccc1. The number of anilines is 3. The Balaban J connectivity index is 1.82. The lowest BCUT2D eigenvalue weighted by atomic mass is 10.3. The van der Waals surface area contributed by atoms with E-state index < -0.39 is 0 Å². The van der Waals surface area contributed by atoms with Crippen LogP contribution in [0.3, 0.4) is 0 Å². The van der Waals surface area contributed by atoms with Crippen LogP contribution in [0.1, 0.15) is 0 Å². The van der Waals surface area contributed by atoms with Crippen LogP contribution in [-0.4, -0.2) is 47.7 Å². The molecule has 1 aromatic carbocycles. The first-order valence-electron chi connectivity index (χ1n) is 8.03. The van der Waals surface area contributed by atoms with Crippen molar-refractivity contribution in [1.29, 1.82) is 0 Å². The third-order valence-electron chi connectivity index (χ3n) is 3.64. The van der Waals surface area contributed by atoms with Crippen molar-refractivity contribution in [2.45, 2.75) is 0 Å². The van der Waals surface area contributed by atoms with Crippen LogP contribution in [0.2, 0.25) is 0 Å². The molecule has 3 heterocycles. The van der Waals surface area contributed by atoms with E-state index in [0.717, 1.165) is 5.69 Å². The highest BCUT2D eigenvalue weighted by molar-refractivity contribution is 5.85. The number of hydrogen-bond donors (Lipinski definition) is 3. The molecule has 0 atom stereocenters. The number of imidazole rings is 1. The van der Waals surface area contributed by atoms with Crippen molar-refractivity contribution in [1.82, 2.24) is 29.5 Å². The Hall–Kier alpha value is -3.59. The van der Waals surface area contributed by atoms with Gasteiger partial charge >= 0.3 is 0 Å². The summed E-state index contributed by atoms with van der Waals surface area (Å²) in [5, 5.41) is 15.2. The normalized spacial score (nSPS) is 10.8. The summed E-state index contributed by atoms with van der Waals surface area (Å²) in [6.07, 6.45) is 6.46. The summed E-state index contributed by atoms with van der Waals surface area (Å²) in [5.74, 6) is 1.42. The molecule has 0 unspecified atom stereocenters. The van der Waals surface area contributed by atoms with Gasteiger partial charge < -0.3 is 15.7 Å². The van der Waals surface area contributed by atoms with E-state index in [-0.39, 0.29) is 6.61 Å². The quantitative estimate of drug-likeness (QED) is 0.483. The van der Waals surface area contributed by atoms with Gasteiger partial charge in [-0.05, 0) is 12.1 Å². The number of aliphatic hydroxyl groups is 1. The molecule has 4 aromatic rings. The van der Waals surface area contributed by atoms with E-state index in [1.54, 1.807) is 24.9 Å². The van der Waals surface area contributed by atoms with Crippen LogP contribution >= 0.6 is 0 Å². The van der Waals surface area contributed by atoms with Crippen LogP contribution in [0.15, 0.2) is 55.2 Å². The first kappa shape index (κ1) is 15.9. The molecule has 0 aliphatic carbocycles. The van der Waals surface area contributed by atoms with Crippen LogP contribution in [0, 0.1) is 0 Å². The third-order valence-corrected chi connectivity index (χ3v) is 3.64. The Morgan fingerprint density at radius 1 is 1.04 bits per heavy atom.